The number of amides is 1. The van der Waals surface area contributed by atoms with Gasteiger partial charge in [-0.25, -0.2) is 10.8 Å². The lowest BCUT2D eigenvalue weighted by Gasteiger charge is -2.06. The highest BCUT2D eigenvalue weighted by Crippen LogP contribution is 2.24. The van der Waals surface area contributed by atoms with Crippen molar-refractivity contribution in [2.24, 2.45) is 5.84 Å². The Kier molecular flexibility index (Phi) is 4.55. The van der Waals surface area contributed by atoms with Gasteiger partial charge in [0.1, 0.15) is 18.2 Å². The van der Waals surface area contributed by atoms with Crippen molar-refractivity contribution in [3.05, 3.63) is 83.9 Å². The number of aromatic amines is 1. The molecule has 4 aromatic rings. The normalized spacial score (nSPS) is 10.7. The number of benzene rings is 3. The van der Waals surface area contributed by atoms with Crippen molar-refractivity contribution < 1.29 is 9.53 Å². The lowest BCUT2D eigenvalue weighted by molar-refractivity contribution is 0.0954. The van der Waals surface area contributed by atoms with E-state index in [1.165, 1.54) is 0 Å². The van der Waals surface area contributed by atoms with Gasteiger partial charge in [0.05, 0.1) is 11.0 Å². The van der Waals surface area contributed by atoms with Gasteiger partial charge in [-0.1, -0.05) is 30.3 Å². The number of nitrogen functional groups attached to an aromatic ring is 1. The standard InChI is InChI=1S/C21H18N4O2/c22-25-21(26)16-8-11-18-19(12-16)24-20(23-18)15-6-9-17(10-7-15)27-13-14-4-2-1-3-5-14/h1-12H,13,22H2,(H,23,24)(H,25,26). The Hall–Kier alpha value is -3.64. The van der Waals surface area contributed by atoms with E-state index in [1.54, 1.807) is 18.2 Å². The summed E-state index contributed by atoms with van der Waals surface area (Å²) in [5.74, 6) is 6.36. The fourth-order valence-electron chi connectivity index (χ4n) is 2.82. The third kappa shape index (κ3) is 3.65. The molecular formula is C21H18N4O2. The number of rotatable bonds is 5. The van der Waals surface area contributed by atoms with Crippen molar-refractivity contribution >= 4 is 16.9 Å². The van der Waals surface area contributed by atoms with Crippen LogP contribution in [0.4, 0.5) is 0 Å². The first-order valence-electron chi connectivity index (χ1n) is 8.51. The highest BCUT2D eigenvalue weighted by molar-refractivity contribution is 5.97. The maximum absolute atomic E-state index is 11.7. The molecule has 134 valence electrons. The molecule has 1 aromatic heterocycles. The first kappa shape index (κ1) is 16.8. The van der Waals surface area contributed by atoms with Crippen LogP contribution in [-0.4, -0.2) is 15.9 Å². The lowest BCUT2D eigenvalue weighted by Crippen LogP contribution is -2.29. The minimum atomic E-state index is -0.340. The van der Waals surface area contributed by atoms with Crippen LogP contribution in [0.2, 0.25) is 0 Å². The Labute approximate surface area is 156 Å². The number of hydrazine groups is 1. The largest absolute Gasteiger partial charge is 0.489 e. The van der Waals surface area contributed by atoms with E-state index in [1.807, 2.05) is 54.6 Å². The first-order chi connectivity index (χ1) is 13.2. The van der Waals surface area contributed by atoms with E-state index >= 15 is 0 Å². The van der Waals surface area contributed by atoms with Gasteiger partial charge in [0, 0.05) is 11.1 Å². The highest BCUT2D eigenvalue weighted by Gasteiger charge is 2.09. The summed E-state index contributed by atoms with van der Waals surface area (Å²) in [5.41, 5.74) is 6.21. The second kappa shape index (κ2) is 7.31. The molecule has 0 bridgehead atoms. The van der Waals surface area contributed by atoms with E-state index in [4.69, 9.17) is 10.6 Å². The predicted octanol–water partition coefficient (Wildman–Crippen LogP) is 3.41. The zero-order valence-corrected chi connectivity index (χ0v) is 14.5. The first-order valence-corrected chi connectivity index (χ1v) is 8.51. The molecule has 6 nitrogen and oxygen atoms in total. The van der Waals surface area contributed by atoms with Crippen LogP contribution in [0.25, 0.3) is 22.4 Å². The van der Waals surface area contributed by atoms with Crippen LogP contribution >= 0.6 is 0 Å². The number of hydrogen-bond acceptors (Lipinski definition) is 4. The second-order valence-corrected chi connectivity index (χ2v) is 6.09. The Morgan fingerprint density at radius 3 is 2.56 bits per heavy atom. The summed E-state index contributed by atoms with van der Waals surface area (Å²) < 4.78 is 5.81. The van der Waals surface area contributed by atoms with Gasteiger partial charge in [-0.15, -0.1) is 0 Å². The summed E-state index contributed by atoms with van der Waals surface area (Å²) in [5, 5.41) is 0. The average molecular weight is 358 g/mol. The van der Waals surface area contributed by atoms with Gasteiger partial charge < -0.3 is 9.72 Å². The van der Waals surface area contributed by atoms with Gasteiger partial charge in [-0.2, -0.15) is 0 Å². The highest BCUT2D eigenvalue weighted by atomic mass is 16.5. The number of ether oxygens (including phenoxy) is 1. The number of carbonyl (C=O) groups is 1. The van der Waals surface area contributed by atoms with Crippen LogP contribution in [-0.2, 0) is 6.61 Å². The summed E-state index contributed by atoms with van der Waals surface area (Å²) in [6.45, 7) is 0.525. The van der Waals surface area contributed by atoms with Gasteiger partial charge in [0.25, 0.3) is 5.91 Å². The Morgan fingerprint density at radius 1 is 1.04 bits per heavy atom. The van der Waals surface area contributed by atoms with Crippen molar-refractivity contribution in [2.45, 2.75) is 6.61 Å². The summed E-state index contributed by atoms with van der Waals surface area (Å²) >= 11 is 0. The van der Waals surface area contributed by atoms with Crippen LogP contribution in [0.15, 0.2) is 72.8 Å². The quantitative estimate of drug-likeness (QED) is 0.289. The van der Waals surface area contributed by atoms with E-state index in [9.17, 15) is 4.79 Å². The number of nitrogens with two attached hydrogens (primary N) is 1. The molecule has 0 aliphatic heterocycles. The van der Waals surface area contributed by atoms with E-state index in [2.05, 4.69) is 15.4 Å². The number of aromatic nitrogens is 2. The minimum absolute atomic E-state index is 0.340. The molecule has 1 amide bonds. The molecule has 0 fully saturated rings. The van der Waals surface area contributed by atoms with Crippen molar-refractivity contribution in [3.63, 3.8) is 0 Å². The molecule has 0 unspecified atom stereocenters. The molecule has 0 saturated heterocycles. The average Bonchev–Trinajstić information content (AvgIpc) is 3.16. The number of fused-ring (bicyclic) bond motifs is 1. The molecule has 4 rings (SSSR count). The molecule has 6 heteroatoms. The number of nitrogens with one attached hydrogen (secondary N) is 2. The lowest BCUT2D eigenvalue weighted by atomic mass is 10.2. The maximum Gasteiger partial charge on any atom is 0.265 e. The van der Waals surface area contributed by atoms with E-state index < -0.39 is 0 Å². The van der Waals surface area contributed by atoms with Crippen molar-refractivity contribution in [3.8, 4) is 17.1 Å². The fourth-order valence-corrected chi connectivity index (χ4v) is 2.82. The van der Waals surface area contributed by atoms with Gasteiger partial charge in [0.2, 0.25) is 0 Å². The zero-order valence-electron chi connectivity index (χ0n) is 14.5. The second-order valence-electron chi connectivity index (χ2n) is 6.09. The number of imidazole rings is 1. The molecule has 0 aliphatic carbocycles. The third-order valence-electron chi connectivity index (χ3n) is 4.25. The third-order valence-corrected chi connectivity index (χ3v) is 4.25. The van der Waals surface area contributed by atoms with Crippen LogP contribution in [0, 0.1) is 0 Å². The molecule has 0 saturated carbocycles. The van der Waals surface area contributed by atoms with Gasteiger partial charge in [-0.05, 0) is 48.0 Å². The minimum Gasteiger partial charge on any atom is -0.489 e. The van der Waals surface area contributed by atoms with Crippen molar-refractivity contribution in [1.29, 1.82) is 0 Å². The van der Waals surface area contributed by atoms with E-state index in [-0.39, 0.29) is 5.91 Å². The number of H-pyrrole nitrogens is 1. The molecule has 3 aromatic carbocycles. The molecule has 27 heavy (non-hydrogen) atoms. The Bertz CT molecular complexity index is 1070. The van der Waals surface area contributed by atoms with E-state index in [0.717, 1.165) is 33.7 Å². The van der Waals surface area contributed by atoms with Crippen LogP contribution in [0.5, 0.6) is 5.75 Å². The van der Waals surface area contributed by atoms with Gasteiger partial charge in [0.15, 0.2) is 0 Å². The maximum atomic E-state index is 11.7. The molecule has 4 N–H and O–H groups in total. The summed E-state index contributed by atoms with van der Waals surface area (Å²) in [7, 11) is 0. The topological polar surface area (TPSA) is 93.0 Å². The van der Waals surface area contributed by atoms with E-state index in [0.29, 0.717) is 12.2 Å². The zero-order chi connectivity index (χ0) is 18.6. The van der Waals surface area contributed by atoms with Gasteiger partial charge in [-0.3, -0.25) is 10.2 Å². The van der Waals surface area contributed by atoms with Crippen LogP contribution in [0.3, 0.4) is 0 Å². The van der Waals surface area contributed by atoms with Crippen LogP contribution < -0.4 is 16.0 Å². The Morgan fingerprint density at radius 2 is 1.81 bits per heavy atom. The number of nitrogens with zero attached hydrogens (tertiary/aromatic N) is 1. The smallest absolute Gasteiger partial charge is 0.265 e. The molecular weight excluding hydrogens is 340 g/mol. The molecule has 0 radical (unpaired) electrons. The van der Waals surface area contributed by atoms with Crippen molar-refractivity contribution in [1.82, 2.24) is 15.4 Å². The van der Waals surface area contributed by atoms with Gasteiger partial charge >= 0.3 is 0 Å². The van der Waals surface area contributed by atoms with Crippen molar-refractivity contribution in [2.75, 3.05) is 0 Å². The monoisotopic (exact) mass is 358 g/mol. The summed E-state index contributed by atoms with van der Waals surface area (Å²) in [6, 6.07) is 23.0. The summed E-state index contributed by atoms with van der Waals surface area (Å²) in [4.78, 5) is 19.5. The molecule has 1 heterocycles. The molecule has 0 spiro atoms. The Balaban J connectivity index is 1.52. The molecule has 0 atom stereocenters. The number of hydrogen-bond donors (Lipinski definition) is 3. The van der Waals surface area contributed by atoms with Crippen LogP contribution in [0.1, 0.15) is 15.9 Å². The fraction of sp³-hybridized carbons (Fsp3) is 0.0476. The number of carbonyl (C=O) groups excluding carboxylic acids is 1. The molecule has 0 aliphatic rings. The summed E-state index contributed by atoms with van der Waals surface area (Å²) in [6.07, 6.45) is 0. The predicted molar refractivity (Wildman–Crippen MR) is 104 cm³/mol. The SMILES string of the molecule is NNC(=O)c1ccc2nc(-c3ccc(OCc4ccccc4)cc3)[nH]c2c1.